The van der Waals surface area contributed by atoms with E-state index in [0.29, 0.717) is 6.47 Å². The van der Waals surface area contributed by atoms with Gasteiger partial charge < -0.3 is 4.74 Å². The summed E-state index contributed by atoms with van der Waals surface area (Å²) in [6.07, 6.45) is 0. The van der Waals surface area contributed by atoms with E-state index in [1.54, 1.807) is 0 Å². The average molecular weight is 160 g/mol. The predicted molar refractivity (Wildman–Crippen MR) is 45.3 cm³/mol. The van der Waals surface area contributed by atoms with Gasteiger partial charge in [0.1, 0.15) is 0 Å². The van der Waals surface area contributed by atoms with Gasteiger partial charge in [0, 0.05) is 5.56 Å². The third kappa shape index (κ3) is 2.89. The van der Waals surface area contributed by atoms with E-state index in [-0.39, 0.29) is 6.61 Å². The van der Waals surface area contributed by atoms with Crippen LogP contribution in [0.3, 0.4) is 0 Å². The highest BCUT2D eigenvalue weighted by Crippen LogP contribution is 1.94. The summed E-state index contributed by atoms with van der Waals surface area (Å²) < 4.78 is 4.40. The fraction of sp³-hybridized carbons (Fsp3) is 0.100. The second-order valence-corrected chi connectivity index (χ2v) is 2.08. The topological polar surface area (TPSA) is 26.3 Å². The first-order valence-corrected chi connectivity index (χ1v) is 3.52. The first-order valence-electron chi connectivity index (χ1n) is 3.52. The lowest BCUT2D eigenvalue weighted by atomic mass is 10.2. The van der Waals surface area contributed by atoms with E-state index >= 15 is 0 Å². The van der Waals surface area contributed by atoms with E-state index in [4.69, 9.17) is 0 Å². The molecule has 1 aromatic carbocycles. The minimum absolute atomic E-state index is 0.151. The molecule has 0 aliphatic rings. The number of ether oxygens (including phenoxy) is 1. The standard InChI is InChI=1S/C10H8O2/c11-9-12-8-4-7-10-5-2-1-3-6-10/h1-3,5-6,9H,8H2. The maximum atomic E-state index is 9.73. The Hall–Kier alpha value is -1.75. The molecule has 0 saturated carbocycles. The average Bonchev–Trinajstić information content (AvgIpc) is 2.14. The Bertz CT molecular complexity index is 293. The first kappa shape index (κ1) is 8.35. The van der Waals surface area contributed by atoms with Crippen LogP contribution in [0.25, 0.3) is 0 Å². The molecular formula is C10H8O2. The van der Waals surface area contributed by atoms with Gasteiger partial charge in [0.25, 0.3) is 6.47 Å². The van der Waals surface area contributed by atoms with Crippen LogP contribution in [0.4, 0.5) is 0 Å². The van der Waals surface area contributed by atoms with Gasteiger partial charge in [-0.05, 0) is 12.1 Å². The highest BCUT2D eigenvalue weighted by atomic mass is 16.5. The Labute approximate surface area is 71.2 Å². The molecule has 0 bridgehead atoms. The number of rotatable bonds is 2. The van der Waals surface area contributed by atoms with Gasteiger partial charge in [-0.3, -0.25) is 4.79 Å². The van der Waals surface area contributed by atoms with Crippen molar-refractivity contribution < 1.29 is 9.53 Å². The van der Waals surface area contributed by atoms with Crippen molar-refractivity contribution in [3.8, 4) is 11.8 Å². The van der Waals surface area contributed by atoms with Crippen molar-refractivity contribution in [2.75, 3.05) is 6.61 Å². The SMILES string of the molecule is O=COCC#Cc1ccccc1. The smallest absolute Gasteiger partial charge is 0.294 e. The van der Waals surface area contributed by atoms with E-state index in [0.717, 1.165) is 5.56 Å². The van der Waals surface area contributed by atoms with Gasteiger partial charge in [-0.25, -0.2) is 0 Å². The molecule has 0 atom stereocenters. The molecule has 1 rings (SSSR count). The zero-order valence-corrected chi connectivity index (χ0v) is 6.49. The molecule has 0 aromatic heterocycles. The highest BCUT2D eigenvalue weighted by molar-refractivity contribution is 5.38. The number of hydrogen-bond donors (Lipinski definition) is 0. The molecule has 60 valence electrons. The predicted octanol–water partition coefficient (Wildman–Crippen LogP) is 1.21. The number of benzene rings is 1. The third-order valence-corrected chi connectivity index (χ3v) is 1.23. The van der Waals surface area contributed by atoms with Crippen LogP contribution in [0.2, 0.25) is 0 Å². The van der Waals surface area contributed by atoms with Gasteiger partial charge in [-0.1, -0.05) is 30.0 Å². The molecule has 0 fully saturated rings. The van der Waals surface area contributed by atoms with Crippen LogP contribution in [-0.2, 0) is 9.53 Å². The van der Waals surface area contributed by atoms with Gasteiger partial charge in [0.05, 0.1) is 0 Å². The summed E-state index contributed by atoms with van der Waals surface area (Å²) in [5, 5.41) is 0. The summed E-state index contributed by atoms with van der Waals surface area (Å²) in [5.74, 6) is 5.54. The maximum Gasteiger partial charge on any atom is 0.294 e. The lowest BCUT2D eigenvalue weighted by Gasteiger charge is -1.86. The maximum absolute atomic E-state index is 9.73. The number of carbonyl (C=O) groups is 1. The Morgan fingerprint density at radius 2 is 2.08 bits per heavy atom. The molecule has 1 aromatic rings. The van der Waals surface area contributed by atoms with Crippen molar-refractivity contribution in [1.82, 2.24) is 0 Å². The summed E-state index contributed by atoms with van der Waals surface area (Å²) in [6.45, 7) is 0.540. The van der Waals surface area contributed by atoms with Crippen molar-refractivity contribution in [2.24, 2.45) is 0 Å². The monoisotopic (exact) mass is 160 g/mol. The van der Waals surface area contributed by atoms with Crippen LogP contribution >= 0.6 is 0 Å². The van der Waals surface area contributed by atoms with Crippen molar-refractivity contribution >= 4 is 6.47 Å². The van der Waals surface area contributed by atoms with Crippen LogP contribution < -0.4 is 0 Å². The fourth-order valence-corrected chi connectivity index (χ4v) is 0.735. The van der Waals surface area contributed by atoms with Crippen LogP contribution in [0.5, 0.6) is 0 Å². The van der Waals surface area contributed by atoms with Gasteiger partial charge in [0.15, 0.2) is 6.61 Å². The Kier molecular flexibility index (Phi) is 3.46. The third-order valence-electron chi connectivity index (χ3n) is 1.23. The lowest BCUT2D eigenvalue weighted by molar-refractivity contribution is -0.127. The van der Waals surface area contributed by atoms with Gasteiger partial charge in [-0.2, -0.15) is 0 Å². The molecule has 0 aliphatic heterocycles. The van der Waals surface area contributed by atoms with Crippen LogP contribution in [0, 0.1) is 11.8 Å². The Balaban J connectivity index is 2.49. The second-order valence-electron chi connectivity index (χ2n) is 2.08. The van der Waals surface area contributed by atoms with Crippen LogP contribution in [-0.4, -0.2) is 13.1 Å². The summed E-state index contributed by atoms with van der Waals surface area (Å²) in [4.78, 5) is 9.73. The lowest BCUT2D eigenvalue weighted by Crippen LogP contribution is -1.86. The van der Waals surface area contributed by atoms with Crippen LogP contribution in [0.1, 0.15) is 5.56 Å². The van der Waals surface area contributed by atoms with Gasteiger partial charge >= 0.3 is 0 Å². The minimum Gasteiger partial charge on any atom is -0.455 e. The fourth-order valence-electron chi connectivity index (χ4n) is 0.735. The highest BCUT2D eigenvalue weighted by Gasteiger charge is 1.80. The largest absolute Gasteiger partial charge is 0.455 e. The first-order chi connectivity index (χ1) is 5.93. The molecule has 2 heteroatoms. The van der Waals surface area contributed by atoms with E-state index < -0.39 is 0 Å². The van der Waals surface area contributed by atoms with Gasteiger partial charge in [0.2, 0.25) is 0 Å². The van der Waals surface area contributed by atoms with Crippen LogP contribution in [0.15, 0.2) is 30.3 Å². The normalized spacial score (nSPS) is 8.00. The quantitative estimate of drug-likeness (QED) is 0.369. The molecule has 0 spiro atoms. The molecular weight excluding hydrogens is 152 g/mol. The van der Waals surface area contributed by atoms with E-state index in [1.807, 2.05) is 30.3 Å². The summed E-state index contributed by atoms with van der Waals surface area (Å²) >= 11 is 0. The van der Waals surface area contributed by atoms with E-state index in [9.17, 15) is 4.79 Å². The molecule has 12 heavy (non-hydrogen) atoms. The minimum atomic E-state index is 0.151. The molecule has 0 radical (unpaired) electrons. The Morgan fingerprint density at radius 1 is 1.33 bits per heavy atom. The molecule has 0 unspecified atom stereocenters. The summed E-state index contributed by atoms with van der Waals surface area (Å²) in [7, 11) is 0. The molecule has 0 aliphatic carbocycles. The number of carbonyl (C=O) groups excluding carboxylic acids is 1. The molecule has 0 N–H and O–H groups in total. The van der Waals surface area contributed by atoms with Gasteiger partial charge in [-0.15, -0.1) is 0 Å². The molecule has 0 saturated heterocycles. The van der Waals surface area contributed by atoms with Crippen molar-refractivity contribution in [3.05, 3.63) is 35.9 Å². The van der Waals surface area contributed by atoms with E-state index in [2.05, 4.69) is 16.6 Å². The Morgan fingerprint density at radius 3 is 2.75 bits per heavy atom. The second kappa shape index (κ2) is 4.97. The molecule has 2 nitrogen and oxygen atoms in total. The van der Waals surface area contributed by atoms with E-state index in [1.165, 1.54) is 0 Å². The zero-order valence-electron chi connectivity index (χ0n) is 6.49. The molecule has 0 heterocycles. The van der Waals surface area contributed by atoms with Crippen molar-refractivity contribution in [1.29, 1.82) is 0 Å². The number of hydrogen-bond acceptors (Lipinski definition) is 2. The van der Waals surface area contributed by atoms with Crippen molar-refractivity contribution in [3.63, 3.8) is 0 Å². The van der Waals surface area contributed by atoms with Crippen molar-refractivity contribution in [2.45, 2.75) is 0 Å². The summed E-state index contributed by atoms with van der Waals surface area (Å²) in [6, 6.07) is 9.53. The summed E-state index contributed by atoms with van der Waals surface area (Å²) in [5.41, 5.74) is 0.923. The molecule has 0 amide bonds. The zero-order chi connectivity index (χ0) is 8.65.